The minimum absolute atomic E-state index is 0.0572. The van der Waals surface area contributed by atoms with Crippen molar-refractivity contribution in [3.63, 3.8) is 0 Å². The molecule has 0 spiro atoms. The number of imide groups is 1. The van der Waals surface area contributed by atoms with Gasteiger partial charge in [-0.25, -0.2) is 9.69 Å². The fourth-order valence-electron chi connectivity index (χ4n) is 2.32. The molecule has 0 aliphatic carbocycles. The second-order valence-corrected chi connectivity index (χ2v) is 5.47. The van der Waals surface area contributed by atoms with E-state index in [1.54, 1.807) is 36.4 Å². The van der Waals surface area contributed by atoms with Crippen molar-refractivity contribution < 1.29 is 19.4 Å². The molecule has 1 saturated heterocycles. The number of carbonyl (C=O) groups excluding carboxylic acids is 2. The van der Waals surface area contributed by atoms with Crippen LogP contribution in [0.1, 0.15) is 5.56 Å². The lowest BCUT2D eigenvalue weighted by atomic mass is 10.1. The van der Waals surface area contributed by atoms with Crippen molar-refractivity contribution in [1.29, 1.82) is 0 Å². The molecular weight excluding hydrogens is 332 g/mol. The van der Waals surface area contributed by atoms with Crippen molar-refractivity contribution in [1.82, 2.24) is 5.32 Å². The van der Waals surface area contributed by atoms with Gasteiger partial charge in [0.2, 0.25) is 0 Å². The number of rotatable bonds is 3. The molecule has 122 valence electrons. The number of amides is 3. The molecule has 24 heavy (non-hydrogen) atoms. The average molecular weight is 345 g/mol. The van der Waals surface area contributed by atoms with Crippen LogP contribution in [0.3, 0.4) is 0 Å². The maximum atomic E-state index is 12.5. The predicted molar refractivity (Wildman–Crippen MR) is 90.1 cm³/mol. The Bertz CT molecular complexity index is 846. The Morgan fingerprint density at radius 1 is 1.17 bits per heavy atom. The lowest BCUT2D eigenvalue weighted by Gasteiger charge is -2.11. The van der Waals surface area contributed by atoms with Crippen LogP contribution in [-0.2, 0) is 4.79 Å². The van der Waals surface area contributed by atoms with Crippen LogP contribution in [0.25, 0.3) is 6.08 Å². The van der Waals surface area contributed by atoms with Gasteiger partial charge < -0.3 is 15.2 Å². The van der Waals surface area contributed by atoms with Crippen LogP contribution in [-0.4, -0.2) is 24.2 Å². The lowest BCUT2D eigenvalue weighted by molar-refractivity contribution is -0.113. The third kappa shape index (κ3) is 2.91. The van der Waals surface area contributed by atoms with E-state index in [1.165, 1.54) is 19.3 Å². The summed E-state index contributed by atoms with van der Waals surface area (Å²) < 4.78 is 4.97. The molecule has 1 fully saturated rings. The van der Waals surface area contributed by atoms with Gasteiger partial charge >= 0.3 is 6.03 Å². The standard InChI is InChI=1S/C17H13ClN2O4/c1-24-15-7-2-10(9-14(15)21)8-13-16(22)20(17(23)19-13)12-5-3-11(18)4-6-12/h2-9,21H,1H3,(H,19,23)/b13-8+. The van der Waals surface area contributed by atoms with Gasteiger partial charge in [0, 0.05) is 5.02 Å². The fraction of sp³-hybridized carbons (Fsp3) is 0.0588. The molecule has 2 aromatic carbocycles. The number of phenols is 1. The monoisotopic (exact) mass is 344 g/mol. The first-order valence-electron chi connectivity index (χ1n) is 6.99. The van der Waals surface area contributed by atoms with Crippen LogP contribution >= 0.6 is 11.6 Å². The zero-order valence-electron chi connectivity index (χ0n) is 12.6. The Hall–Kier alpha value is -2.99. The number of phenolic OH excluding ortho intramolecular Hbond substituents is 1. The predicted octanol–water partition coefficient (Wildman–Crippen LogP) is 3.15. The van der Waals surface area contributed by atoms with Gasteiger partial charge in [-0.15, -0.1) is 0 Å². The van der Waals surface area contributed by atoms with Crippen molar-refractivity contribution >= 4 is 35.3 Å². The Kier molecular flexibility index (Phi) is 4.14. The summed E-state index contributed by atoms with van der Waals surface area (Å²) in [4.78, 5) is 25.6. The van der Waals surface area contributed by atoms with Crippen molar-refractivity contribution in [2.75, 3.05) is 12.0 Å². The number of aromatic hydroxyl groups is 1. The highest BCUT2D eigenvalue weighted by atomic mass is 35.5. The van der Waals surface area contributed by atoms with E-state index >= 15 is 0 Å². The van der Waals surface area contributed by atoms with Gasteiger partial charge in [0.1, 0.15) is 5.70 Å². The van der Waals surface area contributed by atoms with Crippen LogP contribution in [0.4, 0.5) is 10.5 Å². The summed E-state index contributed by atoms with van der Waals surface area (Å²) in [7, 11) is 1.44. The molecule has 1 aliphatic rings. The second-order valence-electron chi connectivity index (χ2n) is 5.04. The van der Waals surface area contributed by atoms with E-state index in [9.17, 15) is 14.7 Å². The Morgan fingerprint density at radius 3 is 2.50 bits per heavy atom. The number of methoxy groups -OCH3 is 1. The zero-order chi connectivity index (χ0) is 17.3. The van der Waals surface area contributed by atoms with E-state index in [0.717, 1.165) is 4.90 Å². The minimum atomic E-state index is -0.550. The van der Waals surface area contributed by atoms with Crippen molar-refractivity contribution in [2.45, 2.75) is 0 Å². The molecule has 1 heterocycles. The van der Waals surface area contributed by atoms with Crippen molar-refractivity contribution in [3.8, 4) is 11.5 Å². The van der Waals surface area contributed by atoms with Gasteiger partial charge in [0.05, 0.1) is 12.8 Å². The van der Waals surface area contributed by atoms with Crippen LogP contribution in [0.2, 0.25) is 5.02 Å². The highest BCUT2D eigenvalue weighted by Gasteiger charge is 2.34. The first kappa shape index (κ1) is 15.9. The topological polar surface area (TPSA) is 78.9 Å². The Labute approximate surface area is 142 Å². The van der Waals surface area contributed by atoms with E-state index < -0.39 is 11.9 Å². The Balaban J connectivity index is 1.90. The molecule has 7 heteroatoms. The van der Waals surface area contributed by atoms with E-state index in [-0.39, 0.29) is 11.4 Å². The lowest BCUT2D eigenvalue weighted by Crippen LogP contribution is -2.30. The maximum absolute atomic E-state index is 12.5. The van der Waals surface area contributed by atoms with Crippen molar-refractivity contribution in [2.24, 2.45) is 0 Å². The molecule has 1 aliphatic heterocycles. The molecule has 0 radical (unpaired) electrons. The summed E-state index contributed by atoms with van der Waals surface area (Å²) in [5, 5.41) is 12.8. The summed E-state index contributed by atoms with van der Waals surface area (Å²) in [5.74, 6) is -0.225. The zero-order valence-corrected chi connectivity index (χ0v) is 13.4. The quantitative estimate of drug-likeness (QED) is 0.662. The number of nitrogens with zero attached hydrogens (tertiary/aromatic N) is 1. The van der Waals surface area contributed by atoms with Crippen LogP contribution in [0.5, 0.6) is 11.5 Å². The number of halogens is 1. The van der Waals surface area contributed by atoms with Gasteiger partial charge in [0.25, 0.3) is 5.91 Å². The molecule has 0 aromatic heterocycles. The third-order valence-corrected chi connectivity index (χ3v) is 3.73. The SMILES string of the molecule is COc1ccc(/C=C2/NC(=O)N(c3ccc(Cl)cc3)C2=O)cc1O. The number of benzene rings is 2. The van der Waals surface area contributed by atoms with E-state index in [2.05, 4.69) is 5.32 Å². The van der Waals surface area contributed by atoms with Crippen LogP contribution in [0.15, 0.2) is 48.2 Å². The van der Waals surface area contributed by atoms with Gasteiger partial charge in [0.15, 0.2) is 11.5 Å². The van der Waals surface area contributed by atoms with E-state index in [0.29, 0.717) is 22.0 Å². The number of anilines is 1. The van der Waals surface area contributed by atoms with Gasteiger partial charge in [-0.05, 0) is 48.0 Å². The highest BCUT2D eigenvalue weighted by molar-refractivity contribution is 6.31. The molecule has 2 aromatic rings. The number of hydrogen-bond donors (Lipinski definition) is 2. The van der Waals surface area contributed by atoms with Crippen molar-refractivity contribution in [3.05, 3.63) is 58.7 Å². The number of ether oxygens (including phenoxy) is 1. The third-order valence-electron chi connectivity index (χ3n) is 3.48. The normalized spacial score (nSPS) is 15.8. The number of urea groups is 1. The van der Waals surface area contributed by atoms with Crippen LogP contribution < -0.4 is 15.0 Å². The molecule has 0 bridgehead atoms. The molecule has 2 N–H and O–H groups in total. The Morgan fingerprint density at radius 2 is 1.88 bits per heavy atom. The molecule has 6 nitrogen and oxygen atoms in total. The fourth-order valence-corrected chi connectivity index (χ4v) is 2.45. The van der Waals surface area contributed by atoms with Gasteiger partial charge in [-0.3, -0.25) is 4.79 Å². The molecule has 0 unspecified atom stereocenters. The molecule has 3 rings (SSSR count). The molecule has 0 atom stereocenters. The van der Waals surface area contributed by atoms with Gasteiger partial charge in [-0.1, -0.05) is 17.7 Å². The highest BCUT2D eigenvalue weighted by Crippen LogP contribution is 2.28. The number of hydrogen-bond acceptors (Lipinski definition) is 4. The number of nitrogens with one attached hydrogen (secondary N) is 1. The smallest absolute Gasteiger partial charge is 0.333 e. The summed E-state index contributed by atoms with van der Waals surface area (Å²) in [5.41, 5.74) is 1.08. The summed E-state index contributed by atoms with van der Waals surface area (Å²) in [6.07, 6.45) is 1.48. The second kappa shape index (κ2) is 6.25. The summed E-state index contributed by atoms with van der Waals surface area (Å²) in [6.45, 7) is 0. The summed E-state index contributed by atoms with van der Waals surface area (Å²) in [6, 6.07) is 10.5. The number of carbonyl (C=O) groups is 2. The maximum Gasteiger partial charge on any atom is 0.333 e. The molecule has 3 amide bonds. The van der Waals surface area contributed by atoms with Crippen LogP contribution in [0, 0.1) is 0 Å². The first-order valence-corrected chi connectivity index (χ1v) is 7.37. The molecular formula is C17H13ClN2O4. The summed E-state index contributed by atoms with van der Waals surface area (Å²) >= 11 is 5.82. The van der Waals surface area contributed by atoms with Gasteiger partial charge in [-0.2, -0.15) is 0 Å². The minimum Gasteiger partial charge on any atom is -0.504 e. The first-order chi connectivity index (χ1) is 11.5. The van der Waals surface area contributed by atoms with E-state index in [1.807, 2.05) is 0 Å². The van der Waals surface area contributed by atoms with E-state index in [4.69, 9.17) is 16.3 Å². The average Bonchev–Trinajstić information content (AvgIpc) is 2.83. The molecule has 0 saturated carbocycles. The largest absolute Gasteiger partial charge is 0.504 e.